The molecule has 4 nitrogen and oxygen atoms in total. The molecule has 1 aliphatic heterocycles. The Balaban J connectivity index is 1.90. The predicted octanol–water partition coefficient (Wildman–Crippen LogP) is 4.13. The number of nitrogens with one attached hydrogen (secondary N) is 1. The maximum atomic E-state index is 5.98. The van der Waals surface area contributed by atoms with Crippen LogP contribution in [-0.2, 0) is 0 Å². The van der Waals surface area contributed by atoms with Crippen molar-refractivity contribution in [3.8, 4) is 11.5 Å². The molecule has 0 spiro atoms. The van der Waals surface area contributed by atoms with E-state index in [1.807, 2.05) is 24.3 Å². The normalized spacial score (nSPS) is 12.3. The third kappa shape index (κ3) is 1.69. The largest absolute Gasteiger partial charge is 0.453 e. The van der Waals surface area contributed by atoms with Crippen molar-refractivity contribution in [1.82, 2.24) is 9.97 Å². The number of anilines is 2. The van der Waals surface area contributed by atoms with Gasteiger partial charge in [-0.25, -0.2) is 0 Å². The minimum atomic E-state index is 0.666. The SMILES string of the molecule is Clc1ccc2c(c1)Nc1cc3nccnc3cc1O2. The van der Waals surface area contributed by atoms with Gasteiger partial charge < -0.3 is 10.1 Å². The Labute approximate surface area is 114 Å². The summed E-state index contributed by atoms with van der Waals surface area (Å²) in [7, 11) is 0. The van der Waals surface area contributed by atoms with E-state index in [1.54, 1.807) is 18.5 Å². The second-order valence-electron chi connectivity index (χ2n) is 4.26. The van der Waals surface area contributed by atoms with Crippen LogP contribution in [0.1, 0.15) is 0 Å². The fourth-order valence-electron chi connectivity index (χ4n) is 2.13. The van der Waals surface area contributed by atoms with E-state index >= 15 is 0 Å². The van der Waals surface area contributed by atoms with E-state index in [1.165, 1.54) is 0 Å². The Hall–Kier alpha value is -2.33. The van der Waals surface area contributed by atoms with E-state index in [0.717, 1.165) is 33.9 Å². The van der Waals surface area contributed by atoms with Gasteiger partial charge in [-0.3, -0.25) is 9.97 Å². The van der Waals surface area contributed by atoms with Gasteiger partial charge in [0, 0.05) is 23.5 Å². The van der Waals surface area contributed by atoms with Crippen LogP contribution < -0.4 is 10.1 Å². The van der Waals surface area contributed by atoms with Crippen molar-refractivity contribution >= 4 is 34.0 Å². The highest BCUT2D eigenvalue weighted by molar-refractivity contribution is 6.31. The molecule has 4 rings (SSSR count). The first kappa shape index (κ1) is 10.6. The van der Waals surface area contributed by atoms with Gasteiger partial charge in [0.25, 0.3) is 0 Å². The Morgan fingerprint density at radius 1 is 0.895 bits per heavy atom. The molecule has 1 aliphatic rings. The summed E-state index contributed by atoms with van der Waals surface area (Å²) in [5.41, 5.74) is 3.34. The van der Waals surface area contributed by atoms with Crippen molar-refractivity contribution < 1.29 is 4.74 Å². The maximum absolute atomic E-state index is 5.98. The molecule has 0 atom stereocenters. The van der Waals surface area contributed by atoms with Crippen LogP contribution in [0.25, 0.3) is 11.0 Å². The number of ether oxygens (including phenoxy) is 1. The second-order valence-corrected chi connectivity index (χ2v) is 4.70. The van der Waals surface area contributed by atoms with Gasteiger partial charge in [0.2, 0.25) is 0 Å². The minimum absolute atomic E-state index is 0.666. The highest BCUT2D eigenvalue weighted by Gasteiger charge is 2.17. The lowest BCUT2D eigenvalue weighted by molar-refractivity contribution is 0.482. The molecule has 0 bridgehead atoms. The minimum Gasteiger partial charge on any atom is -0.453 e. The zero-order valence-corrected chi connectivity index (χ0v) is 10.5. The van der Waals surface area contributed by atoms with Gasteiger partial charge >= 0.3 is 0 Å². The molecule has 92 valence electrons. The number of hydrogen-bond donors (Lipinski definition) is 1. The van der Waals surface area contributed by atoms with Crippen molar-refractivity contribution in [2.75, 3.05) is 5.32 Å². The molecule has 0 aliphatic carbocycles. The molecule has 1 N–H and O–H groups in total. The van der Waals surface area contributed by atoms with Gasteiger partial charge in [0.15, 0.2) is 11.5 Å². The van der Waals surface area contributed by atoms with Crippen molar-refractivity contribution in [3.05, 3.63) is 47.7 Å². The zero-order valence-electron chi connectivity index (χ0n) is 9.72. The number of nitrogens with zero attached hydrogens (tertiary/aromatic N) is 2. The van der Waals surface area contributed by atoms with E-state index < -0.39 is 0 Å². The van der Waals surface area contributed by atoms with Crippen LogP contribution in [0.15, 0.2) is 42.7 Å². The van der Waals surface area contributed by atoms with E-state index in [9.17, 15) is 0 Å². The highest BCUT2D eigenvalue weighted by Crippen LogP contribution is 2.43. The molecule has 0 fully saturated rings. The van der Waals surface area contributed by atoms with Gasteiger partial charge in [-0.05, 0) is 24.3 Å². The highest BCUT2D eigenvalue weighted by atomic mass is 35.5. The summed E-state index contributed by atoms with van der Waals surface area (Å²) in [5.74, 6) is 1.49. The zero-order chi connectivity index (χ0) is 12.8. The topological polar surface area (TPSA) is 47.0 Å². The summed E-state index contributed by atoms with van der Waals surface area (Å²) in [5, 5.41) is 3.96. The second kappa shape index (κ2) is 3.83. The van der Waals surface area contributed by atoms with Gasteiger partial charge in [-0.15, -0.1) is 0 Å². The summed E-state index contributed by atoms with van der Waals surface area (Å²) in [6.07, 6.45) is 3.34. The first-order chi connectivity index (χ1) is 9.29. The van der Waals surface area contributed by atoms with Crippen LogP contribution >= 0.6 is 11.6 Å². The van der Waals surface area contributed by atoms with Crippen LogP contribution in [0.5, 0.6) is 11.5 Å². The van der Waals surface area contributed by atoms with Crippen LogP contribution in [-0.4, -0.2) is 9.97 Å². The lowest BCUT2D eigenvalue weighted by Crippen LogP contribution is -2.03. The third-order valence-corrected chi connectivity index (χ3v) is 3.24. The quantitative estimate of drug-likeness (QED) is 0.521. The predicted molar refractivity (Wildman–Crippen MR) is 74.3 cm³/mol. The fraction of sp³-hybridized carbons (Fsp3) is 0. The Bertz CT molecular complexity index is 804. The molecule has 1 aromatic heterocycles. The Morgan fingerprint density at radius 2 is 1.63 bits per heavy atom. The number of rotatable bonds is 0. The van der Waals surface area contributed by atoms with Gasteiger partial charge in [0.1, 0.15) is 0 Å². The first-order valence-corrected chi connectivity index (χ1v) is 6.16. The van der Waals surface area contributed by atoms with Gasteiger partial charge in [-0.1, -0.05) is 11.6 Å². The monoisotopic (exact) mass is 269 g/mol. The standard InChI is InChI=1S/C14H8ClN3O/c15-8-1-2-13-11(5-8)18-12-6-9-10(7-14(12)19-13)17-4-3-16-9/h1-7,18H. The van der Waals surface area contributed by atoms with Crippen LogP contribution in [0.3, 0.4) is 0 Å². The van der Waals surface area contributed by atoms with Crippen molar-refractivity contribution in [2.24, 2.45) is 0 Å². The van der Waals surface area contributed by atoms with E-state index in [2.05, 4.69) is 15.3 Å². The Morgan fingerprint density at radius 3 is 2.47 bits per heavy atom. The van der Waals surface area contributed by atoms with Crippen molar-refractivity contribution in [3.63, 3.8) is 0 Å². The smallest absolute Gasteiger partial charge is 0.153 e. The number of halogens is 1. The third-order valence-electron chi connectivity index (χ3n) is 3.00. The molecule has 0 radical (unpaired) electrons. The van der Waals surface area contributed by atoms with Crippen molar-refractivity contribution in [2.45, 2.75) is 0 Å². The van der Waals surface area contributed by atoms with Crippen molar-refractivity contribution in [1.29, 1.82) is 0 Å². The molecule has 5 heteroatoms. The number of benzene rings is 2. The Kier molecular flexibility index (Phi) is 2.13. The molecule has 2 aromatic carbocycles. The lowest BCUT2D eigenvalue weighted by Gasteiger charge is -2.22. The molecule has 0 amide bonds. The number of fused-ring (bicyclic) bond motifs is 3. The van der Waals surface area contributed by atoms with Crippen LogP contribution in [0, 0.1) is 0 Å². The van der Waals surface area contributed by atoms with E-state index in [4.69, 9.17) is 16.3 Å². The molecular formula is C14H8ClN3O. The van der Waals surface area contributed by atoms with Crippen LogP contribution in [0.2, 0.25) is 5.02 Å². The fourth-order valence-corrected chi connectivity index (χ4v) is 2.30. The molecule has 3 aromatic rings. The summed E-state index contributed by atoms with van der Waals surface area (Å²) < 4.78 is 5.85. The summed E-state index contributed by atoms with van der Waals surface area (Å²) in [6, 6.07) is 9.27. The maximum Gasteiger partial charge on any atom is 0.153 e. The first-order valence-electron chi connectivity index (χ1n) is 5.79. The number of hydrogen-bond acceptors (Lipinski definition) is 4. The van der Waals surface area contributed by atoms with Crippen LogP contribution in [0.4, 0.5) is 11.4 Å². The average Bonchev–Trinajstić information content (AvgIpc) is 2.43. The molecule has 0 saturated carbocycles. The average molecular weight is 270 g/mol. The lowest BCUT2D eigenvalue weighted by atomic mass is 10.2. The summed E-state index contributed by atoms with van der Waals surface area (Å²) in [4.78, 5) is 8.55. The molecule has 19 heavy (non-hydrogen) atoms. The molecule has 0 unspecified atom stereocenters. The molecular weight excluding hydrogens is 262 g/mol. The molecule has 2 heterocycles. The number of aromatic nitrogens is 2. The summed E-state index contributed by atoms with van der Waals surface area (Å²) in [6.45, 7) is 0. The summed E-state index contributed by atoms with van der Waals surface area (Å²) >= 11 is 5.98. The van der Waals surface area contributed by atoms with E-state index in [0.29, 0.717) is 5.02 Å². The van der Waals surface area contributed by atoms with E-state index in [-0.39, 0.29) is 0 Å². The molecule has 0 saturated heterocycles. The van der Waals surface area contributed by atoms with Gasteiger partial charge in [0.05, 0.1) is 22.4 Å². The van der Waals surface area contributed by atoms with Gasteiger partial charge in [-0.2, -0.15) is 0 Å².